The zero-order valence-electron chi connectivity index (χ0n) is 25.8. The number of hydrogen-bond donors (Lipinski definition) is 0. The maximum Gasteiger partial charge on any atom is 0.376 e. The molecule has 0 N–H and O–H groups in total. The van der Waals surface area contributed by atoms with Crippen molar-refractivity contribution < 1.29 is 27.6 Å². The molecule has 0 aromatic carbocycles. The minimum Gasteiger partial charge on any atom is -0.450 e. The van der Waals surface area contributed by atoms with E-state index in [1.165, 1.54) is 12.2 Å². The fourth-order valence-electron chi connectivity index (χ4n) is 6.20. The van der Waals surface area contributed by atoms with Crippen molar-refractivity contribution in [3.05, 3.63) is 58.7 Å². The molecule has 0 aliphatic heterocycles. The van der Waals surface area contributed by atoms with Crippen LogP contribution >= 0.6 is 23.5 Å². The first-order valence-electron chi connectivity index (χ1n) is 15.5. The molecule has 7 nitrogen and oxygen atoms in total. The van der Waals surface area contributed by atoms with Crippen molar-refractivity contribution in [3.63, 3.8) is 0 Å². The molecule has 232 valence electrons. The van der Waals surface area contributed by atoms with Crippen LogP contribution in [-0.2, 0) is 23.1 Å². The van der Waals surface area contributed by atoms with E-state index in [1.54, 1.807) is 36.7 Å². The zero-order chi connectivity index (χ0) is 30.4. The van der Waals surface area contributed by atoms with E-state index < -0.39 is 19.4 Å². The van der Waals surface area contributed by atoms with Gasteiger partial charge in [-0.2, -0.15) is 0 Å². The Hall–Kier alpha value is -1.73. The molecule has 4 rings (SSSR count). The van der Waals surface area contributed by atoms with Gasteiger partial charge in [-0.25, -0.2) is 4.79 Å². The van der Waals surface area contributed by atoms with Crippen LogP contribution in [-0.4, -0.2) is 23.2 Å². The van der Waals surface area contributed by atoms with Gasteiger partial charge in [0.1, 0.15) is 5.76 Å². The van der Waals surface area contributed by atoms with Gasteiger partial charge in [-0.1, -0.05) is 47.6 Å². The number of pyridine rings is 1. The smallest absolute Gasteiger partial charge is 0.376 e. The van der Waals surface area contributed by atoms with Crippen LogP contribution in [0.5, 0.6) is 0 Å². The van der Waals surface area contributed by atoms with Gasteiger partial charge in [0.2, 0.25) is 5.85 Å². The van der Waals surface area contributed by atoms with Gasteiger partial charge in [-0.05, 0) is 114 Å². The second kappa shape index (κ2) is 14.8. The van der Waals surface area contributed by atoms with E-state index >= 15 is 4.57 Å². The molecule has 0 bridgehead atoms. The second-order valence-electron chi connectivity index (χ2n) is 13.0. The second-order valence-corrected chi connectivity index (χ2v) is 15.7. The monoisotopic (exact) mass is 663 g/mol. The summed E-state index contributed by atoms with van der Waals surface area (Å²) in [5.41, 5.74) is 0.482. The van der Waals surface area contributed by atoms with Gasteiger partial charge >= 0.3 is 13.6 Å². The topological polar surface area (TPSA) is 87.9 Å². The number of hydrogen-bond acceptors (Lipinski definition) is 7. The first-order chi connectivity index (χ1) is 19.9. The van der Waals surface area contributed by atoms with Crippen molar-refractivity contribution >= 4 is 35.6 Å². The largest absolute Gasteiger partial charge is 0.450 e. The summed E-state index contributed by atoms with van der Waals surface area (Å²) in [6.45, 7) is 13.2. The van der Waals surface area contributed by atoms with Gasteiger partial charge < -0.3 is 18.2 Å². The highest BCUT2D eigenvalue weighted by molar-refractivity contribution is 9.10. The average Bonchev–Trinajstić information content (AvgIpc) is 3.38. The predicted molar refractivity (Wildman–Crippen MR) is 169 cm³/mol. The number of halogens is 1. The van der Waals surface area contributed by atoms with Crippen molar-refractivity contribution in [3.8, 4) is 0 Å². The fourth-order valence-corrected chi connectivity index (χ4v) is 8.88. The lowest BCUT2D eigenvalue weighted by Gasteiger charge is -2.42. The Kier molecular flexibility index (Phi) is 11.7. The van der Waals surface area contributed by atoms with Crippen LogP contribution in [0.3, 0.4) is 0 Å². The fraction of sp³-hybridized carbons (Fsp3) is 0.636. The van der Waals surface area contributed by atoms with Crippen LogP contribution in [0.25, 0.3) is 6.08 Å². The van der Waals surface area contributed by atoms with Gasteiger partial charge in [0.15, 0.2) is 4.67 Å². The van der Waals surface area contributed by atoms with E-state index in [9.17, 15) is 4.79 Å². The minimum absolute atomic E-state index is 0.201. The highest BCUT2D eigenvalue weighted by Crippen LogP contribution is 2.65. The van der Waals surface area contributed by atoms with Crippen LogP contribution < -0.4 is 0 Å². The standard InChI is InChI=1S/C33H47BrNO6P/c1-21(2)25-11-9-23(5)29(18-25)40-42(37,41-30-19-26(22(3)4)12-10-24(30)6)33(27-8-7-17-35-20-27)39-32(36)16-14-28-13-15-31(34)38-28/h7-8,13-17,20-26,29-30,33H,9-12,18-19H2,1-6H3/b16-14+/t23-,24+,25-,26-,29-,30-,33+,42?/m1/s1. The number of furan rings is 1. The van der Waals surface area contributed by atoms with E-state index in [0.29, 0.717) is 39.7 Å². The molecule has 2 fully saturated rings. The van der Waals surface area contributed by atoms with E-state index in [0.717, 1.165) is 38.5 Å². The maximum atomic E-state index is 15.3. The van der Waals surface area contributed by atoms with Crippen LogP contribution in [0.4, 0.5) is 0 Å². The molecule has 2 aliphatic rings. The molecule has 1 unspecified atom stereocenters. The first kappa shape index (κ1) is 33.2. The quantitative estimate of drug-likeness (QED) is 0.134. The van der Waals surface area contributed by atoms with Crippen molar-refractivity contribution in [1.82, 2.24) is 4.98 Å². The summed E-state index contributed by atoms with van der Waals surface area (Å²) in [6.07, 6.45) is 11.3. The molecule has 0 saturated heterocycles. The molecular formula is C33H47BrNO6P. The molecule has 9 heteroatoms. The summed E-state index contributed by atoms with van der Waals surface area (Å²) in [5, 5.41) is 0. The van der Waals surface area contributed by atoms with Gasteiger partial charge in [-0.15, -0.1) is 0 Å². The highest BCUT2D eigenvalue weighted by atomic mass is 79.9. The van der Waals surface area contributed by atoms with Crippen LogP contribution in [0, 0.1) is 35.5 Å². The van der Waals surface area contributed by atoms with Crippen LogP contribution in [0.15, 0.2) is 51.8 Å². The Morgan fingerprint density at radius 3 is 2.05 bits per heavy atom. The van der Waals surface area contributed by atoms with E-state index in [1.807, 2.05) is 0 Å². The van der Waals surface area contributed by atoms with Crippen molar-refractivity contribution in [1.29, 1.82) is 0 Å². The third-order valence-electron chi connectivity index (χ3n) is 9.24. The van der Waals surface area contributed by atoms with E-state index in [4.69, 9.17) is 18.2 Å². The van der Waals surface area contributed by atoms with E-state index in [2.05, 4.69) is 62.5 Å². The third-order valence-corrected chi connectivity index (χ3v) is 11.8. The third kappa shape index (κ3) is 8.68. The number of esters is 1. The van der Waals surface area contributed by atoms with Crippen molar-refractivity contribution in [2.45, 2.75) is 98.1 Å². The summed E-state index contributed by atoms with van der Waals surface area (Å²) in [4.78, 5) is 17.5. The molecule has 2 aliphatic carbocycles. The molecule has 2 aromatic rings. The number of rotatable bonds is 11. The SMILES string of the molecule is CC(C)[C@@H]1CC[C@@H](C)[C@H](OP(=O)(O[C@@H]2C[C@H](C(C)C)CC[C@@H]2C)[C@H](OC(=O)/C=C/c2ccc(Br)o2)c2cccnc2)C1. The lowest BCUT2D eigenvalue weighted by molar-refractivity contribution is -0.141. The average molecular weight is 665 g/mol. The number of ether oxygens (including phenoxy) is 1. The highest BCUT2D eigenvalue weighted by Gasteiger charge is 2.48. The number of carbonyl (C=O) groups is 1. The van der Waals surface area contributed by atoms with Crippen molar-refractivity contribution in [2.24, 2.45) is 35.5 Å². The lowest BCUT2D eigenvalue weighted by Crippen LogP contribution is -2.35. The molecule has 0 radical (unpaired) electrons. The summed E-state index contributed by atoms with van der Waals surface area (Å²) < 4.78 is 40.7. The Morgan fingerprint density at radius 2 is 1.57 bits per heavy atom. The predicted octanol–water partition coefficient (Wildman–Crippen LogP) is 9.84. The Morgan fingerprint density at radius 1 is 0.976 bits per heavy atom. The Labute approximate surface area is 259 Å². The Bertz CT molecular complexity index is 1190. The number of nitrogens with zero attached hydrogens (tertiary/aromatic N) is 1. The van der Waals surface area contributed by atoms with Crippen molar-refractivity contribution in [2.75, 3.05) is 0 Å². The van der Waals surface area contributed by atoms with Gasteiger partial charge in [0.05, 0.1) is 12.2 Å². The van der Waals surface area contributed by atoms with Gasteiger partial charge in [-0.3, -0.25) is 9.55 Å². The number of aromatic nitrogens is 1. The first-order valence-corrected chi connectivity index (χ1v) is 17.9. The molecule has 8 atom stereocenters. The summed E-state index contributed by atoms with van der Waals surface area (Å²) in [7, 11) is -4.07. The van der Waals surface area contributed by atoms with Crippen LogP contribution in [0.2, 0.25) is 0 Å². The Balaban J connectivity index is 1.69. The summed E-state index contributed by atoms with van der Waals surface area (Å²) in [6, 6.07) is 6.98. The molecule has 42 heavy (non-hydrogen) atoms. The molecular weight excluding hydrogens is 617 g/mol. The number of carbonyl (C=O) groups excluding carboxylic acids is 1. The van der Waals surface area contributed by atoms with Crippen LogP contribution in [0.1, 0.15) is 97.2 Å². The molecule has 2 heterocycles. The van der Waals surface area contributed by atoms with E-state index in [-0.39, 0.29) is 24.0 Å². The normalized spacial score (nSPS) is 29.1. The lowest BCUT2D eigenvalue weighted by atomic mass is 9.76. The maximum absolute atomic E-state index is 15.3. The van der Waals surface area contributed by atoms with Gasteiger partial charge in [0, 0.05) is 24.0 Å². The van der Waals surface area contributed by atoms with Gasteiger partial charge in [0.25, 0.3) is 0 Å². The summed E-state index contributed by atoms with van der Waals surface area (Å²) >= 11 is 3.27. The molecule has 2 saturated carbocycles. The molecule has 0 spiro atoms. The molecule has 0 amide bonds. The summed E-state index contributed by atoms with van der Waals surface area (Å²) in [5.74, 6) is 0.877. The molecule has 2 aromatic heterocycles. The minimum atomic E-state index is -4.07. The zero-order valence-corrected chi connectivity index (χ0v) is 28.3.